The van der Waals surface area contributed by atoms with Gasteiger partial charge in [-0.25, -0.2) is 0 Å². The van der Waals surface area contributed by atoms with Crippen molar-refractivity contribution in [2.75, 3.05) is 19.0 Å². The van der Waals surface area contributed by atoms with Crippen molar-refractivity contribution in [3.8, 4) is 5.75 Å². The minimum Gasteiger partial charge on any atom is -0.484 e. The van der Waals surface area contributed by atoms with E-state index in [4.69, 9.17) is 4.74 Å². The highest BCUT2D eigenvalue weighted by Crippen LogP contribution is 2.12. The number of nitrogens with one attached hydrogen (secondary N) is 2. The molecule has 0 saturated heterocycles. The van der Waals surface area contributed by atoms with Gasteiger partial charge in [0.05, 0.1) is 0 Å². The second-order valence-electron chi connectivity index (χ2n) is 4.38. The molecule has 104 valence electrons. The fourth-order valence-corrected chi connectivity index (χ4v) is 1.78. The number of carbonyl (C=O) groups excluding carboxylic acids is 1. The Bertz CT molecular complexity index is 538. The smallest absolute Gasteiger partial charge is 0.262 e. The molecule has 0 atom stereocenters. The maximum atomic E-state index is 11.7. The van der Waals surface area contributed by atoms with Gasteiger partial charge in [-0.15, -0.1) is 0 Å². The standard InChI is InChI=1S/C16H18N2O2/c1-17-11-13-7-9-15(10-8-13)20-12-16(19)18-14-5-3-2-4-6-14/h2-10,17H,11-12H2,1H3,(H,18,19). The molecule has 0 bridgehead atoms. The minimum atomic E-state index is -0.171. The lowest BCUT2D eigenvalue weighted by atomic mass is 10.2. The van der Waals surface area contributed by atoms with Crippen LogP contribution < -0.4 is 15.4 Å². The van der Waals surface area contributed by atoms with Crippen LogP contribution in [0.4, 0.5) is 5.69 Å². The van der Waals surface area contributed by atoms with Gasteiger partial charge in [0.15, 0.2) is 6.61 Å². The zero-order chi connectivity index (χ0) is 14.2. The van der Waals surface area contributed by atoms with E-state index in [1.807, 2.05) is 61.6 Å². The molecular weight excluding hydrogens is 252 g/mol. The van der Waals surface area contributed by atoms with Crippen LogP contribution in [0, 0.1) is 0 Å². The highest BCUT2D eigenvalue weighted by atomic mass is 16.5. The lowest BCUT2D eigenvalue weighted by Gasteiger charge is -2.08. The van der Waals surface area contributed by atoms with Crippen molar-refractivity contribution in [2.24, 2.45) is 0 Å². The first kappa shape index (κ1) is 14.1. The molecule has 0 aliphatic rings. The molecule has 0 radical (unpaired) electrons. The highest BCUT2D eigenvalue weighted by molar-refractivity contribution is 5.91. The number of hydrogen-bond donors (Lipinski definition) is 2. The van der Waals surface area contributed by atoms with E-state index in [0.29, 0.717) is 5.75 Å². The molecule has 0 aromatic heterocycles. The predicted molar refractivity (Wildman–Crippen MR) is 79.8 cm³/mol. The van der Waals surface area contributed by atoms with Crippen molar-refractivity contribution in [3.63, 3.8) is 0 Å². The van der Waals surface area contributed by atoms with Crippen LogP contribution in [-0.2, 0) is 11.3 Å². The van der Waals surface area contributed by atoms with E-state index in [0.717, 1.165) is 12.2 Å². The number of hydrogen-bond acceptors (Lipinski definition) is 3. The molecule has 0 spiro atoms. The van der Waals surface area contributed by atoms with Crippen molar-refractivity contribution in [2.45, 2.75) is 6.54 Å². The van der Waals surface area contributed by atoms with Gasteiger partial charge in [-0.3, -0.25) is 4.79 Å². The van der Waals surface area contributed by atoms with Crippen LogP contribution >= 0.6 is 0 Å². The molecule has 2 aromatic carbocycles. The number of carbonyl (C=O) groups is 1. The molecule has 20 heavy (non-hydrogen) atoms. The van der Waals surface area contributed by atoms with E-state index < -0.39 is 0 Å². The van der Waals surface area contributed by atoms with E-state index in [1.54, 1.807) is 0 Å². The summed E-state index contributed by atoms with van der Waals surface area (Å²) < 4.78 is 5.44. The number of rotatable bonds is 6. The van der Waals surface area contributed by atoms with Crippen LogP contribution in [0.2, 0.25) is 0 Å². The van der Waals surface area contributed by atoms with Gasteiger partial charge in [-0.1, -0.05) is 30.3 Å². The first-order chi connectivity index (χ1) is 9.78. The van der Waals surface area contributed by atoms with Crippen LogP contribution in [0.5, 0.6) is 5.75 Å². The number of benzene rings is 2. The van der Waals surface area contributed by atoms with Gasteiger partial charge in [0, 0.05) is 12.2 Å². The van der Waals surface area contributed by atoms with E-state index >= 15 is 0 Å². The fraction of sp³-hybridized carbons (Fsp3) is 0.188. The Hall–Kier alpha value is -2.33. The first-order valence-electron chi connectivity index (χ1n) is 6.49. The Morgan fingerprint density at radius 3 is 2.40 bits per heavy atom. The quantitative estimate of drug-likeness (QED) is 0.847. The van der Waals surface area contributed by atoms with E-state index in [2.05, 4.69) is 10.6 Å². The normalized spacial score (nSPS) is 10.1. The number of amides is 1. The summed E-state index contributed by atoms with van der Waals surface area (Å²) >= 11 is 0. The summed E-state index contributed by atoms with van der Waals surface area (Å²) in [6.45, 7) is 0.815. The molecule has 0 aliphatic heterocycles. The van der Waals surface area contributed by atoms with Crippen molar-refractivity contribution >= 4 is 11.6 Å². The molecule has 2 rings (SSSR count). The van der Waals surface area contributed by atoms with Gasteiger partial charge in [0.1, 0.15) is 5.75 Å². The van der Waals surface area contributed by atoms with Crippen molar-refractivity contribution in [3.05, 3.63) is 60.2 Å². The van der Waals surface area contributed by atoms with E-state index in [1.165, 1.54) is 5.56 Å². The number of anilines is 1. The van der Waals surface area contributed by atoms with Gasteiger partial charge >= 0.3 is 0 Å². The molecule has 0 aliphatic carbocycles. The third kappa shape index (κ3) is 4.40. The molecule has 0 heterocycles. The monoisotopic (exact) mass is 270 g/mol. The fourth-order valence-electron chi connectivity index (χ4n) is 1.78. The average Bonchev–Trinajstić information content (AvgIpc) is 2.48. The Kier molecular flexibility index (Phi) is 5.15. The second kappa shape index (κ2) is 7.31. The molecule has 1 amide bonds. The van der Waals surface area contributed by atoms with Crippen molar-refractivity contribution < 1.29 is 9.53 Å². The topological polar surface area (TPSA) is 50.4 Å². The Morgan fingerprint density at radius 2 is 1.75 bits per heavy atom. The van der Waals surface area contributed by atoms with E-state index in [-0.39, 0.29) is 12.5 Å². The van der Waals surface area contributed by atoms with Gasteiger partial charge in [0.2, 0.25) is 0 Å². The Labute approximate surface area is 118 Å². The van der Waals surface area contributed by atoms with Crippen LogP contribution in [0.15, 0.2) is 54.6 Å². The Morgan fingerprint density at radius 1 is 1.05 bits per heavy atom. The molecule has 2 N–H and O–H groups in total. The van der Waals surface area contributed by atoms with Gasteiger partial charge < -0.3 is 15.4 Å². The molecule has 0 unspecified atom stereocenters. The first-order valence-corrected chi connectivity index (χ1v) is 6.49. The van der Waals surface area contributed by atoms with E-state index in [9.17, 15) is 4.79 Å². The number of para-hydroxylation sites is 1. The summed E-state index contributed by atoms with van der Waals surface area (Å²) in [6.07, 6.45) is 0. The molecule has 4 nitrogen and oxygen atoms in total. The summed E-state index contributed by atoms with van der Waals surface area (Å²) in [5.41, 5.74) is 1.94. The summed E-state index contributed by atoms with van der Waals surface area (Å²) in [7, 11) is 1.90. The zero-order valence-corrected chi connectivity index (χ0v) is 11.4. The third-order valence-electron chi connectivity index (χ3n) is 2.73. The lowest BCUT2D eigenvalue weighted by molar-refractivity contribution is -0.118. The third-order valence-corrected chi connectivity index (χ3v) is 2.73. The summed E-state index contributed by atoms with van der Waals surface area (Å²) in [5.74, 6) is 0.517. The molecule has 4 heteroatoms. The Balaban J connectivity index is 1.81. The minimum absolute atomic E-state index is 0.000267. The van der Waals surface area contributed by atoms with Crippen LogP contribution in [0.1, 0.15) is 5.56 Å². The zero-order valence-electron chi connectivity index (χ0n) is 11.4. The molecule has 2 aromatic rings. The highest BCUT2D eigenvalue weighted by Gasteiger charge is 2.03. The number of ether oxygens (including phenoxy) is 1. The van der Waals surface area contributed by atoms with Gasteiger partial charge in [-0.05, 0) is 36.9 Å². The largest absolute Gasteiger partial charge is 0.484 e. The average molecular weight is 270 g/mol. The lowest BCUT2D eigenvalue weighted by Crippen LogP contribution is -2.20. The molecular formula is C16H18N2O2. The van der Waals surface area contributed by atoms with Crippen molar-refractivity contribution in [1.82, 2.24) is 5.32 Å². The molecule has 0 fully saturated rings. The predicted octanol–water partition coefficient (Wildman–Crippen LogP) is 2.42. The van der Waals surface area contributed by atoms with Crippen molar-refractivity contribution in [1.29, 1.82) is 0 Å². The second-order valence-corrected chi connectivity index (χ2v) is 4.38. The van der Waals surface area contributed by atoms with Crippen LogP contribution in [0.3, 0.4) is 0 Å². The molecule has 0 saturated carbocycles. The maximum Gasteiger partial charge on any atom is 0.262 e. The summed E-state index contributed by atoms with van der Waals surface area (Å²) in [4.78, 5) is 11.7. The SMILES string of the molecule is CNCc1ccc(OCC(=O)Nc2ccccc2)cc1. The summed E-state index contributed by atoms with van der Waals surface area (Å²) in [6, 6.07) is 17.0. The summed E-state index contributed by atoms with van der Waals surface area (Å²) in [5, 5.41) is 5.85. The van der Waals surface area contributed by atoms with Gasteiger partial charge in [-0.2, -0.15) is 0 Å². The van der Waals surface area contributed by atoms with Gasteiger partial charge in [0.25, 0.3) is 5.91 Å². The maximum absolute atomic E-state index is 11.7. The van der Waals surface area contributed by atoms with Crippen LogP contribution in [-0.4, -0.2) is 19.6 Å². The van der Waals surface area contributed by atoms with Crippen LogP contribution in [0.25, 0.3) is 0 Å².